The van der Waals surface area contributed by atoms with E-state index < -0.39 is 10.0 Å². The predicted molar refractivity (Wildman–Crippen MR) is 132 cm³/mol. The zero-order chi connectivity index (χ0) is 24.6. The molecule has 9 nitrogen and oxygen atoms in total. The largest absolute Gasteiger partial charge is 0.487 e. The Hall–Kier alpha value is -3.55. The molecule has 0 bridgehead atoms. The average molecular weight is 512 g/mol. The van der Waals surface area contributed by atoms with Gasteiger partial charge in [-0.1, -0.05) is 23.7 Å². The van der Waals surface area contributed by atoms with Crippen molar-refractivity contribution in [3.05, 3.63) is 64.9 Å². The minimum absolute atomic E-state index is 0.140. The van der Waals surface area contributed by atoms with Crippen molar-refractivity contribution in [1.29, 1.82) is 5.26 Å². The van der Waals surface area contributed by atoms with Crippen molar-refractivity contribution in [3.63, 3.8) is 0 Å². The van der Waals surface area contributed by atoms with Crippen LogP contribution in [0.1, 0.15) is 29.9 Å². The zero-order valence-electron chi connectivity index (χ0n) is 18.8. The maximum absolute atomic E-state index is 11.4. The molecule has 1 saturated heterocycles. The van der Waals surface area contributed by atoms with Crippen molar-refractivity contribution in [1.82, 2.24) is 9.97 Å². The van der Waals surface area contributed by atoms with Crippen molar-refractivity contribution in [3.8, 4) is 23.3 Å². The Balaban J connectivity index is 1.21. The van der Waals surface area contributed by atoms with Crippen molar-refractivity contribution >= 4 is 33.3 Å². The van der Waals surface area contributed by atoms with Gasteiger partial charge in [-0.3, -0.25) is 9.71 Å². The number of rotatable bonds is 8. The number of nitriles is 1. The molecule has 1 aliphatic heterocycles. The van der Waals surface area contributed by atoms with Gasteiger partial charge in [-0.25, -0.2) is 13.4 Å². The van der Waals surface area contributed by atoms with Crippen LogP contribution in [0.5, 0.6) is 17.2 Å². The van der Waals surface area contributed by atoms with Gasteiger partial charge in [-0.05, 0) is 30.5 Å². The molecule has 0 spiro atoms. The molecule has 0 amide bonds. The van der Waals surface area contributed by atoms with E-state index in [1.54, 1.807) is 18.3 Å². The van der Waals surface area contributed by atoms with Crippen LogP contribution in [-0.4, -0.2) is 43.8 Å². The number of sulfonamides is 1. The number of ether oxygens (including phenoxy) is 2. The summed E-state index contributed by atoms with van der Waals surface area (Å²) < 4.78 is 36.9. The summed E-state index contributed by atoms with van der Waals surface area (Å²) in [6.45, 7) is 1.47. The summed E-state index contributed by atoms with van der Waals surface area (Å²) in [6.07, 6.45) is 6.16. The van der Waals surface area contributed by atoms with Crippen LogP contribution in [0.4, 0.5) is 11.6 Å². The summed E-state index contributed by atoms with van der Waals surface area (Å²) >= 11 is 6.35. The summed E-state index contributed by atoms with van der Waals surface area (Å²) in [5.74, 6) is 2.63. The topological polar surface area (TPSA) is 117 Å². The number of hydrogen-bond acceptors (Lipinski definition) is 8. The maximum Gasteiger partial charge on any atom is 0.231 e. The molecule has 2 aliphatic rings. The molecule has 0 atom stereocenters. The normalized spacial score (nSPS) is 15.7. The first kappa shape index (κ1) is 23.2. The second-order valence-corrected chi connectivity index (χ2v) is 10.8. The van der Waals surface area contributed by atoms with E-state index in [4.69, 9.17) is 21.1 Å². The molecular weight excluding hydrogens is 490 g/mol. The van der Waals surface area contributed by atoms with Gasteiger partial charge >= 0.3 is 0 Å². The van der Waals surface area contributed by atoms with E-state index in [2.05, 4.69) is 20.8 Å². The van der Waals surface area contributed by atoms with Crippen molar-refractivity contribution in [2.45, 2.75) is 24.9 Å². The smallest absolute Gasteiger partial charge is 0.231 e. The van der Waals surface area contributed by atoms with E-state index in [1.807, 2.05) is 29.2 Å². The Morgan fingerprint density at radius 3 is 2.54 bits per heavy atom. The summed E-state index contributed by atoms with van der Waals surface area (Å²) in [4.78, 5) is 10.4. The van der Waals surface area contributed by atoms with Gasteiger partial charge in [0.1, 0.15) is 23.4 Å². The van der Waals surface area contributed by atoms with Crippen LogP contribution in [-0.2, 0) is 10.0 Å². The molecule has 1 saturated carbocycles. The molecule has 11 heteroatoms. The highest BCUT2D eigenvalue weighted by Crippen LogP contribution is 2.39. The van der Waals surface area contributed by atoms with Crippen LogP contribution in [0.2, 0.25) is 5.02 Å². The Bertz CT molecular complexity index is 1400. The lowest BCUT2D eigenvalue weighted by molar-refractivity contribution is 0.302. The molecule has 5 rings (SSSR count). The van der Waals surface area contributed by atoms with Gasteiger partial charge in [0.05, 0.1) is 35.3 Å². The number of anilines is 2. The van der Waals surface area contributed by atoms with E-state index in [9.17, 15) is 13.7 Å². The quantitative estimate of drug-likeness (QED) is 0.475. The summed E-state index contributed by atoms with van der Waals surface area (Å²) in [5.41, 5.74) is 1.50. The van der Waals surface area contributed by atoms with Crippen LogP contribution in [0.25, 0.3) is 0 Å². The van der Waals surface area contributed by atoms with E-state index in [0.29, 0.717) is 39.6 Å². The van der Waals surface area contributed by atoms with Gasteiger partial charge in [0.2, 0.25) is 10.0 Å². The molecule has 3 aromatic rings. The number of benzene rings is 2. The third-order valence-corrected chi connectivity index (χ3v) is 6.51. The van der Waals surface area contributed by atoms with Gasteiger partial charge in [0, 0.05) is 31.1 Å². The standard InChI is InChI=1S/C24H22ClN5O4S/c1-35(31,32)29-22-11-27-12-23(28-22)30-13-17(14-30)15-2-4-18(5-3-15)33-20-8-16(10-26)24(21(25)9-20)34-19-6-7-19/h2-5,8-9,11-12,17,19H,6-7,13-14H2,1H3,(H,28,29). The van der Waals surface area contributed by atoms with Crippen LogP contribution in [0.3, 0.4) is 0 Å². The lowest BCUT2D eigenvalue weighted by Crippen LogP contribution is -2.45. The molecule has 1 aliphatic carbocycles. The van der Waals surface area contributed by atoms with Gasteiger partial charge in [0.25, 0.3) is 0 Å². The van der Waals surface area contributed by atoms with Crippen LogP contribution >= 0.6 is 11.6 Å². The molecule has 2 aromatic carbocycles. The fourth-order valence-electron chi connectivity index (χ4n) is 3.75. The molecule has 0 radical (unpaired) electrons. The highest BCUT2D eigenvalue weighted by molar-refractivity contribution is 7.92. The minimum atomic E-state index is -3.41. The molecule has 180 valence electrons. The van der Waals surface area contributed by atoms with Crippen LogP contribution in [0, 0.1) is 11.3 Å². The Morgan fingerprint density at radius 2 is 1.89 bits per heavy atom. The molecule has 0 unspecified atom stereocenters. The van der Waals surface area contributed by atoms with Crippen LogP contribution < -0.4 is 19.1 Å². The van der Waals surface area contributed by atoms with Gasteiger partial charge in [-0.2, -0.15) is 5.26 Å². The van der Waals surface area contributed by atoms with Gasteiger partial charge < -0.3 is 14.4 Å². The fourth-order valence-corrected chi connectivity index (χ4v) is 4.48. The lowest BCUT2D eigenvalue weighted by Gasteiger charge is -2.40. The van der Waals surface area contributed by atoms with E-state index in [-0.39, 0.29) is 11.9 Å². The molecule has 1 aromatic heterocycles. The number of nitrogens with zero attached hydrogens (tertiary/aromatic N) is 4. The first-order valence-corrected chi connectivity index (χ1v) is 13.3. The van der Waals surface area contributed by atoms with Crippen molar-refractivity contribution in [2.75, 3.05) is 29.0 Å². The third-order valence-electron chi connectivity index (χ3n) is 5.65. The third kappa shape index (κ3) is 5.58. The first-order chi connectivity index (χ1) is 16.8. The second kappa shape index (κ2) is 9.24. The number of nitrogens with one attached hydrogen (secondary N) is 1. The highest BCUT2D eigenvalue weighted by atomic mass is 35.5. The SMILES string of the molecule is CS(=O)(=O)Nc1cncc(N2CC(c3ccc(Oc4cc(Cl)c(OC5CC5)c(C#N)c4)cc3)C2)n1. The Labute approximate surface area is 208 Å². The predicted octanol–water partition coefficient (Wildman–Crippen LogP) is 4.31. The average Bonchev–Trinajstić information content (AvgIpc) is 3.59. The number of halogens is 1. The zero-order valence-corrected chi connectivity index (χ0v) is 20.4. The molecule has 2 fully saturated rings. The fraction of sp³-hybridized carbons (Fsp3) is 0.292. The van der Waals surface area contributed by atoms with E-state index in [0.717, 1.165) is 37.8 Å². The van der Waals surface area contributed by atoms with Gasteiger partial charge in [-0.15, -0.1) is 0 Å². The summed E-state index contributed by atoms with van der Waals surface area (Å²) in [7, 11) is -3.41. The first-order valence-electron chi connectivity index (χ1n) is 11.0. The lowest BCUT2D eigenvalue weighted by atomic mass is 9.91. The van der Waals surface area contributed by atoms with E-state index >= 15 is 0 Å². The number of aromatic nitrogens is 2. The van der Waals surface area contributed by atoms with Gasteiger partial charge in [0.15, 0.2) is 11.6 Å². The maximum atomic E-state index is 11.4. The minimum Gasteiger partial charge on any atom is -0.487 e. The second-order valence-electron chi connectivity index (χ2n) is 8.62. The van der Waals surface area contributed by atoms with Crippen molar-refractivity contribution < 1.29 is 17.9 Å². The summed E-state index contributed by atoms with van der Waals surface area (Å²) in [6, 6.07) is 13.2. The molecule has 2 heterocycles. The number of hydrogen-bond donors (Lipinski definition) is 1. The molecule has 1 N–H and O–H groups in total. The highest BCUT2D eigenvalue weighted by Gasteiger charge is 2.30. The molecular formula is C24H22ClN5O4S. The van der Waals surface area contributed by atoms with Crippen LogP contribution in [0.15, 0.2) is 48.8 Å². The Morgan fingerprint density at radius 1 is 1.14 bits per heavy atom. The monoisotopic (exact) mass is 511 g/mol. The Kier molecular flexibility index (Phi) is 6.13. The summed E-state index contributed by atoms with van der Waals surface area (Å²) in [5, 5.41) is 9.84. The van der Waals surface area contributed by atoms with Crippen molar-refractivity contribution in [2.24, 2.45) is 0 Å². The molecule has 35 heavy (non-hydrogen) atoms. The van der Waals surface area contributed by atoms with E-state index in [1.165, 1.54) is 6.20 Å².